The van der Waals surface area contributed by atoms with Crippen molar-refractivity contribution in [2.45, 2.75) is 6.42 Å². The van der Waals surface area contributed by atoms with E-state index in [1.165, 1.54) is 0 Å². The van der Waals surface area contributed by atoms with E-state index in [1.54, 1.807) is 6.07 Å². The molecule has 0 radical (unpaired) electrons. The summed E-state index contributed by atoms with van der Waals surface area (Å²) in [4.78, 5) is 0. The third-order valence-electron chi connectivity index (χ3n) is 1.48. The molecule has 0 amide bonds. The monoisotopic (exact) mass is 295 g/mol. The summed E-state index contributed by atoms with van der Waals surface area (Å²) in [6.45, 7) is 0.560. The molecule has 0 spiro atoms. The zero-order valence-corrected chi connectivity index (χ0v) is 9.76. The summed E-state index contributed by atoms with van der Waals surface area (Å²) >= 11 is 3.23. The topological polar surface area (TPSA) is 46.2 Å². The Hall–Kier alpha value is -0.0600. The number of para-hydroxylation sites is 1. The average molecular weight is 297 g/mol. The third-order valence-corrected chi connectivity index (χ3v) is 2.12. The Morgan fingerprint density at radius 2 is 2.08 bits per heavy atom. The minimum Gasteiger partial charge on any atom is -0.506 e. The van der Waals surface area contributed by atoms with Crippen molar-refractivity contribution in [1.82, 2.24) is 0 Å². The number of nitrogens with two attached hydrogens (primary N) is 1. The molecule has 68 valence electrons. The third kappa shape index (κ3) is 2.77. The van der Waals surface area contributed by atoms with E-state index in [4.69, 9.17) is 5.73 Å². The van der Waals surface area contributed by atoms with Gasteiger partial charge in [0.2, 0.25) is 0 Å². The first-order valence-corrected chi connectivity index (χ1v) is 4.21. The summed E-state index contributed by atoms with van der Waals surface area (Å²) in [5, 5.41) is 9.43. The molecule has 0 bridgehead atoms. The van der Waals surface area contributed by atoms with Crippen molar-refractivity contribution in [2.24, 2.45) is 5.73 Å². The molecule has 3 N–H and O–H groups in total. The van der Waals surface area contributed by atoms with Crippen molar-refractivity contribution in [3.05, 3.63) is 28.2 Å². The number of hydrogen-bond donors (Lipinski definition) is 2. The van der Waals surface area contributed by atoms with Gasteiger partial charge in [-0.25, -0.2) is 0 Å². The molecule has 0 unspecified atom stereocenters. The standard InChI is InChI=1S/C8H10BrNO.BrH/c9-7-3-1-2-6(4-5-10)8(7)11;/h1-3,11H,4-5,10H2;1H. The normalized spacial score (nSPS) is 9.17. The predicted molar refractivity (Wildman–Crippen MR) is 58.9 cm³/mol. The van der Waals surface area contributed by atoms with Crippen LogP contribution in [0.4, 0.5) is 0 Å². The van der Waals surface area contributed by atoms with E-state index >= 15 is 0 Å². The molecule has 0 aromatic heterocycles. The zero-order chi connectivity index (χ0) is 8.27. The summed E-state index contributed by atoms with van der Waals surface area (Å²) in [6.07, 6.45) is 0.714. The summed E-state index contributed by atoms with van der Waals surface area (Å²) < 4.78 is 0.725. The van der Waals surface area contributed by atoms with Crippen molar-refractivity contribution < 1.29 is 5.11 Å². The van der Waals surface area contributed by atoms with Crippen LogP contribution < -0.4 is 5.73 Å². The quantitative estimate of drug-likeness (QED) is 0.879. The van der Waals surface area contributed by atoms with Crippen LogP contribution in [0, 0.1) is 0 Å². The minimum absolute atomic E-state index is 0. The molecule has 1 aromatic rings. The molecule has 4 heteroatoms. The molecule has 0 aliphatic rings. The highest BCUT2D eigenvalue weighted by molar-refractivity contribution is 9.10. The van der Waals surface area contributed by atoms with Crippen LogP contribution >= 0.6 is 32.9 Å². The fraction of sp³-hybridized carbons (Fsp3) is 0.250. The highest BCUT2D eigenvalue weighted by Crippen LogP contribution is 2.27. The highest BCUT2D eigenvalue weighted by atomic mass is 79.9. The maximum atomic E-state index is 9.43. The second-order valence-corrected chi connectivity index (χ2v) is 3.14. The second kappa shape index (κ2) is 5.56. The molecule has 12 heavy (non-hydrogen) atoms. The molecule has 1 aromatic carbocycles. The van der Waals surface area contributed by atoms with Crippen LogP contribution in [0.1, 0.15) is 5.56 Å². The van der Waals surface area contributed by atoms with Crippen LogP contribution in [0.2, 0.25) is 0 Å². The molecule has 0 aliphatic carbocycles. The first-order valence-electron chi connectivity index (χ1n) is 3.42. The van der Waals surface area contributed by atoms with Gasteiger partial charge < -0.3 is 10.8 Å². The van der Waals surface area contributed by atoms with Gasteiger partial charge in [-0.1, -0.05) is 12.1 Å². The van der Waals surface area contributed by atoms with Gasteiger partial charge in [-0.3, -0.25) is 0 Å². The fourth-order valence-corrected chi connectivity index (χ4v) is 1.32. The molecule has 1 rings (SSSR count). The highest BCUT2D eigenvalue weighted by Gasteiger charge is 2.02. The lowest BCUT2D eigenvalue weighted by Gasteiger charge is -2.03. The van der Waals surface area contributed by atoms with Gasteiger partial charge in [0.1, 0.15) is 5.75 Å². The number of halogens is 2. The fourth-order valence-electron chi connectivity index (χ4n) is 0.917. The maximum Gasteiger partial charge on any atom is 0.132 e. The largest absolute Gasteiger partial charge is 0.506 e. The van der Waals surface area contributed by atoms with Crippen LogP contribution in [-0.4, -0.2) is 11.7 Å². The molecule has 2 nitrogen and oxygen atoms in total. The average Bonchev–Trinajstić information content (AvgIpc) is 1.99. The van der Waals surface area contributed by atoms with Crippen molar-refractivity contribution >= 4 is 32.9 Å². The SMILES string of the molecule is Br.NCCc1cccc(Br)c1O. The summed E-state index contributed by atoms with van der Waals surface area (Å²) in [5.41, 5.74) is 6.24. The summed E-state index contributed by atoms with van der Waals surface area (Å²) in [5.74, 6) is 0.304. The van der Waals surface area contributed by atoms with Crippen molar-refractivity contribution in [2.75, 3.05) is 6.54 Å². The van der Waals surface area contributed by atoms with E-state index in [9.17, 15) is 5.11 Å². The first kappa shape index (κ1) is 11.9. The van der Waals surface area contributed by atoms with Crippen LogP contribution in [0.15, 0.2) is 22.7 Å². The van der Waals surface area contributed by atoms with E-state index in [-0.39, 0.29) is 17.0 Å². The second-order valence-electron chi connectivity index (χ2n) is 2.29. The van der Waals surface area contributed by atoms with Gasteiger partial charge in [0.15, 0.2) is 0 Å². The van der Waals surface area contributed by atoms with Crippen LogP contribution in [-0.2, 0) is 6.42 Å². The number of phenols is 1. The molecule has 0 heterocycles. The number of benzene rings is 1. The summed E-state index contributed by atoms with van der Waals surface area (Å²) in [6, 6.07) is 5.55. The Kier molecular flexibility index (Phi) is 5.53. The van der Waals surface area contributed by atoms with E-state index in [2.05, 4.69) is 15.9 Å². The van der Waals surface area contributed by atoms with E-state index in [0.29, 0.717) is 18.7 Å². The molecule has 0 saturated carbocycles. The lowest BCUT2D eigenvalue weighted by molar-refractivity contribution is 0.465. The Labute approximate surface area is 90.7 Å². The van der Waals surface area contributed by atoms with Gasteiger partial charge >= 0.3 is 0 Å². The lowest BCUT2D eigenvalue weighted by atomic mass is 10.1. The Morgan fingerprint density at radius 3 is 2.67 bits per heavy atom. The van der Waals surface area contributed by atoms with Crippen LogP contribution in [0.5, 0.6) is 5.75 Å². The molecule has 0 fully saturated rings. The Bertz CT molecular complexity index is 253. The van der Waals surface area contributed by atoms with Crippen molar-refractivity contribution in [3.63, 3.8) is 0 Å². The van der Waals surface area contributed by atoms with E-state index in [0.717, 1.165) is 10.0 Å². The van der Waals surface area contributed by atoms with Gasteiger partial charge in [0.05, 0.1) is 4.47 Å². The first-order chi connectivity index (χ1) is 5.25. The molecule has 0 aliphatic heterocycles. The molecule has 0 saturated heterocycles. The van der Waals surface area contributed by atoms with Gasteiger partial charge in [-0.15, -0.1) is 17.0 Å². The van der Waals surface area contributed by atoms with Crippen LogP contribution in [0.25, 0.3) is 0 Å². The number of phenolic OH excluding ortho intramolecular Hbond substituents is 1. The maximum absolute atomic E-state index is 9.43. The lowest BCUT2D eigenvalue weighted by Crippen LogP contribution is -2.02. The summed E-state index contributed by atoms with van der Waals surface area (Å²) in [7, 11) is 0. The minimum atomic E-state index is 0. The number of rotatable bonds is 2. The number of aromatic hydroxyl groups is 1. The molecular formula is C8H11Br2NO. The Morgan fingerprint density at radius 1 is 1.42 bits per heavy atom. The predicted octanol–water partition coefficient (Wildman–Crippen LogP) is 2.23. The molecule has 0 atom stereocenters. The van der Waals surface area contributed by atoms with Gasteiger partial charge in [-0.2, -0.15) is 0 Å². The van der Waals surface area contributed by atoms with Crippen molar-refractivity contribution in [3.8, 4) is 5.75 Å². The number of hydrogen-bond acceptors (Lipinski definition) is 2. The van der Waals surface area contributed by atoms with E-state index < -0.39 is 0 Å². The van der Waals surface area contributed by atoms with Gasteiger partial charge in [-0.05, 0) is 40.5 Å². The Balaban J connectivity index is 0.00000121. The van der Waals surface area contributed by atoms with Gasteiger partial charge in [0, 0.05) is 0 Å². The van der Waals surface area contributed by atoms with Crippen molar-refractivity contribution in [1.29, 1.82) is 0 Å². The van der Waals surface area contributed by atoms with Gasteiger partial charge in [0.25, 0.3) is 0 Å². The molecular weight excluding hydrogens is 286 g/mol. The van der Waals surface area contributed by atoms with E-state index in [1.807, 2.05) is 12.1 Å². The van der Waals surface area contributed by atoms with Crippen LogP contribution in [0.3, 0.4) is 0 Å². The smallest absolute Gasteiger partial charge is 0.132 e. The zero-order valence-electron chi connectivity index (χ0n) is 6.46.